The van der Waals surface area contributed by atoms with E-state index in [2.05, 4.69) is 10.1 Å². The first-order chi connectivity index (χ1) is 11.9. The molecule has 134 valence electrons. The number of benzene rings is 2. The monoisotopic (exact) mass is 351 g/mol. The van der Waals surface area contributed by atoms with E-state index in [0.29, 0.717) is 17.1 Å². The van der Waals surface area contributed by atoms with Gasteiger partial charge in [0.1, 0.15) is 17.2 Å². The van der Waals surface area contributed by atoms with Gasteiger partial charge < -0.3 is 19.5 Å². The first kappa shape index (κ1) is 18.5. The Labute approximate surface area is 144 Å². The maximum Gasteiger partial charge on any atom is 0.387 e. The number of amides is 1. The maximum atomic E-state index is 12.3. The van der Waals surface area contributed by atoms with E-state index in [1.54, 1.807) is 32.4 Å². The molecule has 0 saturated carbocycles. The van der Waals surface area contributed by atoms with Gasteiger partial charge in [-0.3, -0.25) is 4.79 Å². The van der Waals surface area contributed by atoms with Crippen LogP contribution < -0.4 is 19.5 Å². The predicted octanol–water partition coefficient (Wildman–Crippen LogP) is 3.80. The highest BCUT2D eigenvalue weighted by atomic mass is 19.3. The summed E-state index contributed by atoms with van der Waals surface area (Å²) in [5.74, 6) is 0.912. The molecule has 0 heterocycles. The Morgan fingerprint density at radius 3 is 2.20 bits per heavy atom. The molecular weight excluding hydrogens is 332 g/mol. The van der Waals surface area contributed by atoms with Gasteiger partial charge in [0.05, 0.1) is 20.3 Å². The van der Waals surface area contributed by atoms with Gasteiger partial charge in [0.15, 0.2) is 0 Å². The molecule has 1 unspecified atom stereocenters. The molecule has 0 aliphatic carbocycles. The number of nitrogens with one attached hydrogen (secondary N) is 1. The van der Waals surface area contributed by atoms with Crippen LogP contribution in [0, 0.1) is 0 Å². The zero-order valence-corrected chi connectivity index (χ0v) is 14.1. The highest BCUT2D eigenvalue weighted by Crippen LogP contribution is 2.29. The highest BCUT2D eigenvalue weighted by Gasteiger charge is 2.16. The lowest BCUT2D eigenvalue weighted by Gasteiger charge is -2.18. The lowest BCUT2D eigenvalue weighted by molar-refractivity contribution is -0.0498. The topological polar surface area (TPSA) is 56.8 Å². The van der Waals surface area contributed by atoms with E-state index >= 15 is 0 Å². The molecule has 0 aliphatic rings. The maximum absolute atomic E-state index is 12.3. The summed E-state index contributed by atoms with van der Waals surface area (Å²) in [4.78, 5) is 12.3. The largest absolute Gasteiger partial charge is 0.497 e. The highest BCUT2D eigenvalue weighted by molar-refractivity contribution is 5.94. The van der Waals surface area contributed by atoms with Gasteiger partial charge in [-0.05, 0) is 49.4 Å². The number of rotatable bonds is 7. The van der Waals surface area contributed by atoms with E-state index in [1.165, 1.54) is 24.3 Å². The second-order valence-corrected chi connectivity index (χ2v) is 5.21. The molecule has 25 heavy (non-hydrogen) atoms. The Balaban J connectivity index is 2.12. The third kappa shape index (κ3) is 4.82. The van der Waals surface area contributed by atoms with Crippen molar-refractivity contribution in [3.05, 3.63) is 53.6 Å². The average Bonchev–Trinajstić information content (AvgIpc) is 2.61. The van der Waals surface area contributed by atoms with E-state index in [1.807, 2.05) is 6.92 Å². The zero-order valence-electron chi connectivity index (χ0n) is 14.1. The SMILES string of the molecule is COc1ccc(OC)c(C(C)NC(=O)c2ccc(OC(F)F)cc2)c1. The number of methoxy groups -OCH3 is 2. The van der Waals surface area contributed by atoms with Crippen LogP contribution in [0.5, 0.6) is 17.2 Å². The van der Waals surface area contributed by atoms with Crippen LogP contribution in [0.2, 0.25) is 0 Å². The van der Waals surface area contributed by atoms with Crippen molar-refractivity contribution in [3.8, 4) is 17.2 Å². The van der Waals surface area contributed by atoms with Gasteiger partial charge in [-0.15, -0.1) is 0 Å². The van der Waals surface area contributed by atoms with Crippen molar-refractivity contribution in [3.63, 3.8) is 0 Å². The van der Waals surface area contributed by atoms with Crippen molar-refractivity contribution >= 4 is 5.91 Å². The summed E-state index contributed by atoms with van der Waals surface area (Å²) < 4.78 is 39.1. The van der Waals surface area contributed by atoms with Crippen LogP contribution >= 0.6 is 0 Å². The Hall–Kier alpha value is -2.83. The third-order valence-electron chi connectivity index (χ3n) is 3.59. The molecule has 0 bridgehead atoms. The van der Waals surface area contributed by atoms with Crippen molar-refractivity contribution in [1.29, 1.82) is 0 Å². The summed E-state index contributed by atoms with van der Waals surface area (Å²) in [6, 6.07) is 10.4. The molecule has 1 amide bonds. The number of halogens is 2. The van der Waals surface area contributed by atoms with Crippen molar-refractivity contribution in [1.82, 2.24) is 5.32 Å². The number of hydrogen-bond donors (Lipinski definition) is 1. The molecule has 0 fully saturated rings. The Bertz CT molecular complexity index is 720. The summed E-state index contributed by atoms with van der Waals surface area (Å²) in [5.41, 5.74) is 1.09. The summed E-state index contributed by atoms with van der Waals surface area (Å²) in [5, 5.41) is 2.84. The summed E-state index contributed by atoms with van der Waals surface area (Å²) in [6.07, 6.45) is 0. The fourth-order valence-corrected chi connectivity index (χ4v) is 2.32. The van der Waals surface area contributed by atoms with Crippen LogP contribution in [0.4, 0.5) is 8.78 Å². The molecule has 5 nitrogen and oxygen atoms in total. The van der Waals surface area contributed by atoms with Crippen LogP contribution in [0.1, 0.15) is 28.9 Å². The lowest BCUT2D eigenvalue weighted by atomic mass is 10.1. The van der Waals surface area contributed by atoms with Crippen molar-refractivity contribution in [2.45, 2.75) is 19.6 Å². The second-order valence-electron chi connectivity index (χ2n) is 5.21. The van der Waals surface area contributed by atoms with E-state index in [4.69, 9.17) is 9.47 Å². The first-order valence-electron chi connectivity index (χ1n) is 7.52. The molecule has 1 N–H and O–H groups in total. The fraction of sp³-hybridized carbons (Fsp3) is 0.278. The molecule has 2 aromatic carbocycles. The minimum atomic E-state index is -2.90. The van der Waals surface area contributed by atoms with Crippen molar-refractivity contribution < 1.29 is 27.8 Å². The number of carbonyl (C=O) groups is 1. The van der Waals surface area contributed by atoms with E-state index in [-0.39, 0.29) is 17.7 Å². The average molecular weight is 351 g/mol. The van der Waals surface area contributed by atoms with Crippen LogP contribution in [0.25, 0.3) is 0 Å². The quantitative estimate of drug-likeness (QED) is 0.824. The minimum absolute atomic E-state index is 0.00550. The fourth-order valence-electron chi connectivity index (χ4n) is 2.32. The van der Waals surface area contributed by atoms with E-state index in [0.717, 1.165) is 5.56 Å². The molecule has 0 aliphatic heterocycles. The van der Waals surface area contributed by atoms with Crippen LogP contribution in [-0.4, -0.2) is 26.7 Å². The minimum Gasteiger partial charge on any atom is -0.497 e. The molecule has 0 saturated heterocycles. The van der Waals surface area contributed by atoms with E-state index in [9.17, 15) is 13.6 Å². The number of hydrogen-bond acceptors (Lipinski definition) is 4. The Morgan fingerprint density at radius 2 is 1.64 bits per heavy atom. The number of alkyl halides is 2. The van der Waals surface area contributed by atoms with Gasteiger partial charge in [-0.25, -0.2) is 0 Å². The number of ether oxygens (including phenoxy) is 3. The molecular formula is C18H19F2NO4. The first-order valence-corrected chi connectivity index (χ1v) is 7.52. The summed E-state index contributed by atoms with van der Waals surface area (Å²) >= 11 is 0. The number of carbonyl (C=O) groups excluding carboxylic acids is 1. The standard InChI is InChI=1S/C18H19F2NO4/c1-11(15-10-14(23-2)8-9-16(15)24-3)21-17(22)12-4-6-13(7-5-12)25-18(19)20/h4-11,18H,1-3H3,(H,21,22). The van der Waals surface area contributed by atoms with Gasteiger partial charge >= 0.3 is 6.61 Å². The second kappa shape index (κ2) is 8.32. The normalized spacial score (nSPS) is 11.8. The van der Waals surface area contributed by atoms with Crippen LogP contribution in [0.3, 0.4) is 0 Å². The third-order valence-corrected chi connectivity index (χ3v) is 3.59. The van der Waals surface area contributed by atoms with Crippen LogP contribution in [0.15, 0.2) is 42.5 Å². The molecule has 0 spiro atoms. The Morgan fingerprint density at radius 1 is 1.00 bits per heavy atom. The molecule has 1 atom stereocenters. The van der Waals surface area contributed by atoms with Gasteiger partial charge in [0.2, 0.25) is 0 Å². The van der Waals surface area contributed by atoms with Crippen LogP contribution in [-0.2, 0) is 0 Å². The summed E-state index contributed by atoms with van der Waals surface area (Å²) in [7, 11) is 3.10. The van der Waals surface area contributed by atoms with Gasteiger partial charge in [0.25, 0.3) is 5.91 Å². The van der Waals surface area contributed by atoms with Gasteiger partial charge in [-0.2, -0.15) is 8.78 Å². The molecule has 0 radical (unpaired) electrons. The molecule has 7 heteroatoms. The molecule has 0 aromatic heterocycles. The molecule has 2 aromatic rings. The summed E-state index contributed by atoms with van der Waals surface area (Å²) in [6.45, 7) is -1.09. The van der Waals surface area contributed by atoms with Gasteiger partial charge in [0, 0.05) is 11.1 Å². The molecule has 2 rings (SSSR count). The zero-order chi connectivity index (χ0) is 18.4. The van der Waals surface area contributed by atoms with Crippen molar-refractivity contribution in [2.24, 2.45) is 0 Å². The van der Waals surface area contributed by atoms with Crippen molar-refractivity contribution in [2.75, 3.05) is 14.2 Å². The Kier molecular flexibility index (Phi) is 6.16. The van der Waals surface area contributed by atoms with Gasteiger partial charge in [-0.1, -0.05) is 0 Å². The van der Waals surface area contributed by atoms with E-state index < -0.39 is 6.61 Å². The predicted molar refractivity (Wildman–Crippen MR) is 88.5 cm³/mol. The lowest BCUT2D eigenvalue weighted by Crippen LogP contribution is -2.27. The smallest absolute Gasteiger partial charge is 0.387 e.